The van der Waals surface area contributed by atoms with E-state index in [-0.39, 0.29) is 12.0 Å². The Morgan fingerprint density at radius 2 is 2.05 bits per heavy atom. The van der Waals surface area contributed by atoms with Crippen LogP contribution in [0.25, 0.3) is 0 Å². The van der Waals surface area contributed by atoms with Crippen LogP contribution in [-0.4, -0.2) is 54.6 Å². The summed E-state index contributed by atoms with van der Waals surface area (Å²) in [5, 5.41) is 0. The monoisotopic (exact) mass is 288 g/mol. The zero-order valence-electron chi connectivity index (χ0n) is 12.8. The van der Waals surface area contributed by atoms with Crippen LogP contribution in [0.1, 0.15) is 24.0 Å². The lowest BCUT2D eigenvalue weighted by Gasteiger charge is -2.25. The van der Waals surface area contributed by atoms with Crippen molar-refractivity contribution < 1.29 is 9.53 Å². The van der Waals surface area contributed by atoms with Gasteiger partial charge in [-0.05, 0) is 31.0 Å². The smallest absolute Gasteiger partial charge is 0.323 e. The second-order valence-electron chi connectivity index (χ2n) is 6.06. The first-order valence-electron chi connectivity index (χ1n) is 7.91. The molecule has 2 saturated heterocycles. The van der Waals surface area contributed by atoms with E-state index in [0.717, 1.165) is 45.6 Å². The number of carbonyl (C=O) groups is 1. The summed E-state index contributed by atoms with van der Waals surface area (Å²) < 4.78 is 5.10. The standard InChI is InChI=1S/C17H24N2O2/c1-14-5-2-3-6-15(14)13-18-8-4-9-19(11-10-18)16-7-12-21-17(16)20/h2-3,5-6,16H,4,7-13H2,1H3/t16-/m1/s1. The molecule has 21 heavy (non-hydrogen) atoms. The molecule has 114 valence electrons. The maximum absolute atomic E-state index is 11.7. The topological polar surface area (TPSA) is 32.8 Å². The summed E-state index contributed by atoms with van der Waals surface area (Å²) >= 11 is 0. The van der Waals surface area contributed by atoms with Gasteiger partial charge in [-0.25, -0.2) is 0 Å². The first-order valence-corrected chi connectivity index (χ1v) is 7.91. The highest BCUT2D eigenvalue weighted by atomic mass is 16.5. The van der Waals surface area contributed by atoms with Crippen molar-refractivity contribution in [3.05, 3.63) is 35.4 Å². The summed E-state index contributed by atoms with van der Waals surface area (Å²) in [6.45, 7) is 7.87. The Bertz CT molecular complexity index is 503. The molecule has 0 aliphatic carbocycles. The molecule has 0 radical (unpaired) electrons. The molecule has 2 heterocycles. The summed E-state index contributed by atoms with van der Waals surface area (Å²) in [5.74, 6) is -0.0256. The van der Waals surface area contributed by atoms with Gasteiger partial charge in [0.25, 0.3) is 0 Å². The lowest BCUT2D eigenvalue weighted by Crippen LogP contribution is -2.40. The number of rotatable bonds is 3. The fourth-order valence-corrected chi connectivity index (χ4v) is 3.31. The van der Waals surface area contributed by atoms with Gasteiger partial charge in [-0.1, -0.05) is 24.3 Å². The molecule has 3 rings (SSSR count). The number of hydrogen-bond donors (Lipinski definition) is 0. The van der Waals surface area contributed by atoms with Gasteiger partial charge in [0.15, 0.2) is 0 Å². The Hall–Kier alpha value is -1.39. The van der Waals surface area contributed by atoms with Crippen LogP contribution in [0, 0.1) is 6.92 Å². The third kappa shape index (κ3) is 3.44. The van der Waals surface area contributed by atoms with Crippen molar-refractivity contribution in [3.8, 4) is 0 Å². The molecule has 1 atom stereocenters. The highest BCUT2D eigenvalue weighted by Gasteiger charge is 2.33. The molecule has 4 heteroatoms. The predicted octanol–water partition coefficient (Wildman–Crippen LogP) is 1.82. The van der Waals surface area contributed by atoms with Gasteiger partial charge >= 0.3 is 5.97 Å². The van der Waals surface area contributed by atoms with Crippen molar-refractivity contribution >= 4 is 5.97 Å². The van der Waals surface area contributed by atoms with Crippen molar-refractivity contribution in [2.75, 3.05) is 32.8 Å². The Morgan fingerprint density at radius 1 is 1.19 bits per heavy atom. The van der Waals surface area contributed by atoms with Gasteiger partial charge in [-0.2, -0.15) is 0 Å². The summed E-state index contributed by atoms with van der Waals surface area (Å²) in [6, 6.07) is 8.60. The zero-order valence-corrected chi connectivity index (χ0v) is 12.8. The average molecular weight is 288 g/mol. The first kappa shape index (κ1) is 14.5. The molecule has 0 spiro atoms. The van der Waals surface area contributed by atoms with E-state index in [9.17, 15) is 4.79 Å². The number of benzene rings is 1. The zero-order chi connectivity index (χ0) is 14.7. The molecule has 0 saturated carbocycles. The van der Waals surface area contributed by atoms with E-state index in [2.05, 4.69) is 41.0 Å². The molecule has 0 bridgehead atoms. The van der Waals surface area contributed by atoms with Gasteiger partial charge in [0.2, 0.25) is 0 Å². The number of nitrogens with zero attached hydrogens (tertiary/aromatic N) is 2. The fraction of sp³-hybridized carbons (Fsp3) is 0.588. The van der Waals surface area contributed by atoms with Crippen LogP contribution >= 0.6 is 0 Å². The molecule has 0 N–H and O–H groups in total. The van der Waals surface area contributed by atoms with Gasteiger partial charge in [0, 0.05) is 32.6 Å². The summed E-state index contributed by atoms with van der Waals surface area (Å²) in [5.41, 5.74) is 2.77. The molecule has 2 fully saturated rings. The number of aryl methyl sites for hydroxylation is 1. The molecule has 0 unspecified atom stereocenters. The van der Waals surface area contributed by atoms with Crippen molar-refractivity contribution in [3.63, 3.8) is 0 Å². The minimum Gasteiger partial charge on any atom is -0.464 e. The first-order chi connectivity index (χ1) is 10.2. The minimum atomic E-state index is -0.0256. The lowest BCUT2D eigenvalue weighted by molar-refractivity contribution is -0.142. The molecular weight excluding hydrogens is 264 g/mol. The number of carbonyl (C=O) groups excluding carboxylic acids is 1. The van der Waals surface area contributed by atoms with Crippen molar-refractivity contribution in [2.24, 2.45) is 0 Å². The Morgan fingerprint density at radius 3 is 2.81 bits per heavy atom. The van der Waals surface area contributed by atoms with E-state index >= 15 is 0 Å². The van der Waals surface area contributed by atoms with E-state index in [4.69, 9.17) is 4.74 Å². The predicted molar refractivity (Wildman–Crippen MR) is 82.0 cm³/mol. The number of cyclic esters (lactones) is 1. The largest absolute Gasteiger partial charge is 0.464 e. The van der Waals surface area contributed by atoms with E-state index in [0.29, 0.717) is 6.61 Å². The molecule has 2 aliphatic heterocycles. The number of hydrogen-bond acceptors (Lipinski definition) is 4. The Labute approximate surface area is 126 Å². The van der Waals surface area contributed by atoms with Gasteiger partial charge in [0.05, 0.1) is 6.61 Å². The molecule has 1 aromatic rings. The second-order valence-corrected chi connectivity index (χ2v) is 6.06. The van der Waals surface area contributed by atoms with Crippen molar-refractivity contribution in [2.45, 2.75) is 32.4 Å². The third-order valence-electron chi connectivity index (χ3n) is 4.63. The third-order valence-corrected chi connectivity index (χ3v) is 4.63. The average Bonchev–Trinajstić information content (AvgIpc) is 2.77. The second kappa shape index (κ2) is 6.58. The van der Waals surface area contributed by atoms with Crippen LogP contribution < -0.4 is 0 Å². The minimum absolute atomic E-state index is 0.00316. The van der Waals surface area contributed by atoms with Crippen LogP contribution in [0.2, 0.25) is 0 Å². The molecule has 4 nitrogen and oxygen atoms in total. The number of ether oxygens (including phenoxy) is 1. The normalized spacial score (nSPS) is 24.8. The van der Waals surface area contributed by atoms with Gasteiger partial charge in [-0.15, -0.1) is 0 Å². The molecule has 1 aromatic carbocycles. The summed E-state index contributed by atoms with van der Waals surface area (Å²) in [7, 11) is 0. The number of esters is 1. The highest BCUT2D eigenvalue weighted by molar-refractivity contribution is 5.77. The van der Waals surface area contributed by atoms with Gasteiger partial charge in [0.1, 0.15) is 6.04 Å². The quantitative estimate of drug-likeness (QED) is 0.794. The van der Waals surface area contributed by atoms with Crippen molar-refractivity contribution in [1.29, 1.82) is 0 Å². The maximum atomic E-state index is 11.7. The van der Waals surface area contributed by atoms with E-state index in [1.54, 1.807) is 0 Å². The molecule has 2 aliphatic rings. The van der Waals surface area contributed by atoms with Crippen molar-refractivity contribution in [1.82, 2.24) is 9.80 Å². The highest BCUT2D eigenvalue weighted by Crippen LogP contribution is 2.18. The van der Waals surface area contributed by atoms with Gasteiger partial charge < -0.3 is 4.74 Å². The maximum Gasteiger partial charge on any atom is 0.323 e. The molecular formula is C17H24N2O2. The van der Waals surface area contributed by atoms with Gasteiger partial charge in [-0.3, -0.25) is 14.6 Å². The SMILES string of the molecule is Cc1ccccc1CN1CCCN([C@@H]2CCOC2=O)CC1. The Balaban J connectivity index is 1.58. The molecule has 0 aromatic heterocycles. The Kier molecular flexibility index (Phi) is 4.56. The van der Waals surface area contributed by atoms with E-state index in [1.807, 2.05) is 0 Å². The van der Waals surface area contributed by atoms with E-state index in [1.165, 1.54) is 11.1 Å². The van der Waals surface area contributed by atoms with Crippen LogP contribution in [0.4, 0.5) is 0 Å². The van der Waals surface area contributed by atoms with Crippen LogP contribution in [0.5, 0.6) is 0 Å². The van der Waals surface area contributed by atoms with Crippen LogP contribution in [0.3, 0.4) is 0 Å². The van der Waals surface area contributed by atoms with Crippen LogP contribution in [0.15, 0.2) is 24.3 Å². The van der Waals surface area contributed by atoms with Crippen LogP contribution in [-0.2, 0) is 16.1 Å². The summed E-state index contributed by atoms with van der Waals surface area (Å²) in [6.07, 6.45) is 1.98. The lowest BCUT2D eigenvalue weighted by atomic mass is 10.1. The summed E-state index contributed by atoms with van der Waals surface area (Å²) in [4.78, 5) is 16.5. The van der Waals surface area contributed by atoms with E-state index < -0.39 is 0 Å². The fourth-order valence-electron chi connectivity index (χ4n) is 3.31. The molecule has 0 amide bonds.